The number of ether oxygens (including phenoxy) is 2. The zero-order valence-corrected chi connectivity index (χ0v) is 22.6. The minimum atomic E-state index is -2.18. The Balaban J connectivity index is 2.67. The van der Waals surface area contributed by atoms with Crippen LogP contribution in [0.5, 0.6) is 0 Å². The van der Waals surface area contributed by atoms with Gasteiger partial charge in [0.15, 0.2) is 17.7 Å². The van der Waals surface area contributed by atoms with Crippen LogP contribution in [-0.2, 0) is 33.4 Å². The molecular formula is C25H44N2O9+2. The number of aliphatic carboxylic acids is 2. The van der Waals surface area contributed by atoms with E-state index in [9.17, 15) is 29.1 Å². The molecule has 0 aromatic carbocycles. The molecule has 206 valence electrons. The van der Waals surface area contributed by atoms with E-state index in [-0.39, 0.29) is 38.8 Å². The molecule has 1 fully saturated rings. The Bertz CT molecular complexity index is 795. The van der Waals surface area contributed by atoms with Crippen molar-refractivity contribution in [3.63, 3.8) is 0 Å². The molecule has 0 bridgehead atoms. The summed E-state index contributed by atoms with van der Waals surface area (Å²) in [6.07, 6.45) is 0.0269. The van der Waals surface area contributed by atoms with E-state index in [1.54, 1.807) is 0 Å². The Morgan fingerprint density at radius 1 is 0.889 bits per heavy atom. The molecule has 0 aromatic rings. The summed E-state index contributed by atoms with van der Waals surface area (Å²) >= 11 is 0. The summed E-state index contributed by atoms with van der Waals surface area (Å²) in [5.74, 6) is -4.16. The van der Waals surface area contributed by atoms with Gasteiger partial charge in [-0.2, -0.15) is 0 Å². The van der Waals surface area contributed by atoms with Crippen molar-refractivity contribution in [2.45, 2.75) is 63.6 Å². The Hall–Kier alpha value is -2.37. The van der Waals surface area contributed by atoms with Gasteiger partial charge < -0.3 is 28.7 Å². The number of hydrogen-bond donors (Lipinski definition) is 2. The van der Waals surface area contributed by atoms with Crippen LogP contribution in [0.3, 0.4) is 0 Å². The first kappa shape index (κ1) is 31.7. The average molecular weight is 517 g/mol. The van der Waals surface area contributed by atoms with E-state index >= 15 is 0 Å². The minimum absolute atomic E-state index is 0.0358. The van der Waals surface area contributed by atoms with E-state index in [4.69, 9.17) is 14.6 Å². The monoisotopic (exact) mass is 516 g/mol. The number of hydrogen-bond acceptors (Lipinski definition) is 7. The summed E-state index contributed by atoms with van der Waals surface area (Å²) in [7, 11) is 11.2. The van der Waals surface area contributed by atoms with E-state index in [1.807, 2.05) is 42.3 Å². The second-order valence-corrected chi connectivity index (χ2v) is 11.6. The van der Waals surface area contributed by atoms with Gasteiger partial charge in [0, 0.05) is 25.9 Å². The molecule has 1 rings (SSSR count). The lowest BCUT2D eigenvalue weighted by Crippen LogP contribution is -2.61. The van der Waals surface area contributed by atoms with Crippen LogP contribution in [0.25, 0.3) is 0 Å². The topological polar surface area (TPSA) is 144 Å². The van der Waals surface area contributed by atoms with Crippen LogP contribution in [0, 0.1) is 5.41 Å². The Labute approximate surface area is 213 Å². The average Bonchev–Trinajstić information content (AvgIpc) is 2.67. The van der Waals surface area contributed by atoms with Gasteiger partial charge in [0.1, 0.15) is 19.2 Å². The second kappa shape index (κ2) is 13.3. The number of rotatable bonds is 16. The summed E-state index contributed by atoms with van der Waals surface area (Å²) in [5.41, 5.74) is -2.18. The first-order valence-corrected chi connectivity index (χ1v) is 12.4. The highest BCUT2D eigenvalue weighted by molar-refractivity contribution is 6.23. The third-order valence-electron chi connectivity index (χ3n) is 6.02. The molecule has 0 spiro atoms. The van der Waals surface area contributed by atoms with Gasteiger partial charge in [0.2, 0.25) is 5.41 Å². The molecule has 11 heteroatoms. The van der Waals surface area contributed by atoms with Gasteiger partial charge in [0.25, 0.3) is 0 Å². The van der Waals surface area contributed by atoms with Crippen LogP contribution in [-0.4, -0.2) is 123 Å². The number of esters is 1. The molecule has 2 atom stereocenters. The Morgan fingerprint density at radius 2 is 1.44 bits per heavy atom. The number of carbonyl (C=O) groups is 5. The van der Waals surface area contributed by atoms with Gasteiger partial charge in [0.05, 0.1) is 48.7 Å². The van der Waals surface area contributed by atoms with Crippen LogP contribution >= 0.6 is 0 Å². The molecule has 1 aliphatic carbocycles. The summed E-state index contributed by atoms with van der Waals surface area (Å²) < 4.78 is 12.1. The molecular weight excluding hydrogens is 472 g/mol. The van der Waals surface area contributed by atoms with E-state index in [1.165, 1.54) is 0 Å². The highest BCUT2D eigenvalue weighted by Gasteiger charge is 2.61. The maximum atomic E-state index is 12.8. The van der Waals surface area contributed by atoms with Crippen molar-refractivity contribution < 1.29 is 52.6 Å². The molecule has 1 aliphatic rings. The minimum Gasteiger partial charge on any atom is -0.481 e. The fourth-order valence-electron chi connectivity index (χ4n) is 4.47. The summed E-state index contributed by atoms with van der Waals surface area (Å²) in [6, 6.07) is 0. The fourth-order valence-corrected chi connectivity index (χ4v) is 4.47. The number of unbranched alkanes of at least 4 members (excludes halogenated alkanes) is 2. The van der Waals surface area contributed by atoms with Gasteiger partial charge in [-0.1, -0.05) is 6.42 Å². The van der Waals surface area contributed by atoms with Crippen LogP contribution in [0.1, 0.15) is 51.4 Å². The molecule has 0 heterocycles. The maximum absolute atomic E-state index is 12.8. The zero-order valence-electron chi connectivity index (χ0n) is 22.6. The number of likely N-dealkylation sites (N-methyl/N-ethyl adjacent to an activating group) is 2. The van der Waals surface area contributed by atoms with Crippen LogP contribution in [0.2, 0.25) is 0 Å². The van der Waals surface area contributed by atoms with Crippen molar-refractivity contribution >= 4 is 29.5 Å². The predicted molar refractivity (Wildman–Crippen MR) is 130 cm³/mol. The molecule has 0 amide bonds. The fraction of sp³-hybridized carbons (Fsp3) is 0.800. The smallest absolute Gasteiger partial charge is 0.327 e. The van der Waals surface area contributed by atoms with Gasteiger partial charge in [-0.25, -0.2) is 0 Å². The molecule has 0 aromatic heterocycles. The number of Topliss-reactive ketones (excluding diaryl/α,β-unsaturated/α-hetero) is 2. The number of ketones is 2. The Morgan fingerprint density at radius 3 is 1.92 bits per heavy atom. The van der Waals surface area contributed by atoms with Crippen molar-refractivity contribution in [1.29, 1.82) is 0 Å². The molecule has 2 N–H and O–H groups in total. The maximum Gasteiger partial charge on any atom is 0.327 e. The molecule has 0 aliphatic heterocycles. The standard InChI is InChI=1S/C25H42N2O9/c1-26(2,3)16-18(15-22(30)31)36-23(32)13-8-7-9-14-35-21(17-27(4,5)6)25(24(33)34)19(28)11-10-12-20(25)29/h18,21H,7-17H2,1-6H3/p+2. The summed E-state index contributed by atoms with van der Waals surface area (Å²) in [5, 5.41) is 19.0. The lowest BCUT2D eigenvalue weighted by molar-refractivity contribution is -0.874. The van der Waals surface area contributed by atoms with Gasteiger partial charge >= 0.3 is 17.9 Å². The summed E-state index contributed by atoms with van der Waals surface area (Å²) in [6.45, 7) is 0.689. The molecule has 11 nitrogen and oxygen atoms in total. The largest absolute Gasteiger partial charge is 0.481 e. The number of carboxylic acids is 2. The van der Waals surface area contributed by atoms with E-state index in [2.05, 4.69) is 0 Å². The van der Waals surface area contributed by atoms with Crippen LogP contribution in [0.15, 0.2) is 0 Å². The zero-order chi connectivity index (χ0) is 27.7. The first-order chi connectivity index (χ1) is 16.5. The number of carboxylic acid groups (broad SMARTS) is 2. The first-order valence-electron chi connectivity index (χ1n) is 12.4. The molecule has 36 heavy (non-hydrogen) atoms. The molecule has 0 saturated heterocycles. The van der Waals surface area contributed by atoms with Gasteiger partial charge in [-0.05, 0) is 19.3 Å². The number of nitrogens with zero attached hydrogens (tertiary/aromatic N) is 2. The number of carbonyl (C=O) groups excluding carboxylic acids is 3. The van der Waals surface area contributed by atoms with Crippen molar-refractivity contribution in [3.05, 3.63) is 0 Å². The van der Waals surface area contributed by atoms with Crippen molar-refractivity contribution in [1.82, 2.24) is 0 Å². The van der Waals surface area contributed by atoms with Crippen LogP contribution < -0.4 is 0 Å². The lowest BCUT2D eigenvalue weighted by atomic mass is 9.67. The molecule has 2 unspecified atom stereocenters. The highest BCUT2D eigenvalue weighted by atomic mass is 16.5. The molecule has 1 saturated carbocycles. The van der Waals surface area contributed by atoms with Crippen molar-refractivity contribution in [3.8, 4) is 0 Å². The number of quaternary nitrogens is 2. The van der Waals surface area contributed by atoms with E-state index in [0.717, 1.165) is 0 Å². The predicted octanol–water partition coefficient (Wildman–Crippen LogP) is 1.12. The SMILES string of the molecule is C[N+](C)(C)CC(CC(=O)O)OC(=O)CCCCCOC(C[N+](C)(C)C)C1(C(=O)O)C(=O)CCCC1=O. The van der Waals surface area contributed by atoms with Gasteiger partial charge in [-0.15, -0.1) is 0 Å². The highest BCUT2D eigenvalue weighted by Crippen LogP contribution is 2.36. The third-order valence-corrected chi connectivity index (χ3v) is 6.02. The molecule has 0 radical (unpaired) electrons. The van der Waals surface area contributed by atoms with Crippen molar-refractivity contribution in [2.75, 3.05) is 62.0 Å². The van der Waals surface area contributed by atoms with E-state index < -0.39 is 47.1 Å². The van der Waals surface area contributed by atoms with Crippen molar-refractivity contribution in [2.24, 2.45) is 5.41 Å². The summed E-state index contributed by atoms with van der Waals surface area (Å²) in [4.78, 5) is 61.1. The normalized spacial score (nSPS) is 17.9. The van der Waals surface area contributed by atoms with Crippen LogP contribution in [0.4, 0.5) is 0 Å². The van der Waals surface area contributed by atoms with Gasteiger partial charge in [-0.3, -0.25) is 24.0 Å². The Kier molecular flexibility index (Phi) is 11.7. The lowest BCUT2D eigenvalue weighted by Gasteiger charge is -2.39. The van der Waals surface area contributed by atoms with E-state index in [0.29, 0.717) is 41.2 Å². The second-order valence-electron chi connectivity index (χ2n) is 11.6. The quantitative estimate of drug-likeness (QED) is 0.133. The third kappa shape index (κ3) is 9.94.